The Morgan fingerprint density at radius 2 is 1.90 bits per heavy atom. The molecule has 0 saturated carbocycles. The first-order chi connectivity index (χ1) is 9.80. The van der Waals surface area contributed by atoms with Gasteiger partial charge < -0.3 is 5.73 Å². The molecule has 21 heavy (non-hydrogen) atoms. The van der Waals surface area contributed by atoms with Crippen molar-refractivity contribution in [2.24, 2.45) is 17.6 Å². The third kappa shape index (κ3) is 3.84. The van der Waals surface area contributed by atoms with Gasteiger partial charge in [-0.15, -0.1) is 0 Å². The maximum absolute atomic E-state index is 12.6. The molecule has 5 heteroatoms. The predicted octanol–water partition coefficient (Wildman–Crippen LogP) is 2.24. The van der Waals surface area contributed by atoms with E-state index in [4.69, 9.17) is 5.73 Å². The Morgan fingerprint density at radius 3 is 2.43 bits per heavy atom. The van der Waals surface area contributed by atoms with Gasteiger partial charge >= 0.3 is 0 Å². The van der Waals surface area contributed by atoms with Crippen molar-refractivity contribution in [1.29, 1.82) is 0 Å². The fourth-order valence-electron chi connectivity index (χ4n) is 2.70. The molecule has 1 fully saturated rings. The van der Waals surface area contributed by atoms with Crippen LogP contribution in [0.1, 0.15) is 32.8 Å². The fourth-order valence-corrected chi connectivity index (χ4v) is 4.20. The van der Waals surface area contributed by atoms with E-state index in [1.165, 1.54) is 9.87 Å². The Hall–Kier alpha value is -0.910. The summed E-state index contributed by atoms with van der Waals surface area (Å²) in [6.45, 7) is 7.36. The Labute approximate surface area is 128 Å². The van der Waals surface area contributed by atoms with Gasteiger partial charge in [-0.05, 0) is 42.4 Å². The van der Waals surface area contributed by atoms with Crippen molar-refractivity contribution in [2.75, 3.05) is 13.1 Å². The first kappa shape index (κ1) is 16.5. The second-order valence-electron chi connectivity index (χ2n) is 6.53. The SMILES string of the molecule is CC(C)Cc1ccc(S(=O)(=O)N2CCC(C)C(N)C2)cc1. The van der Waals surface area contributed by atoms with Crippen LogP contribution in [0, 0.1) is 11.8 Å². The van der Waals surface area contributed by atoms with Gasteiger partial charge in [0.15, 0.2) is 0 Å². The zero-order valence-electron chi connectivity index (χ0n) is 13.1. The zero-order chi connectivity index (χ0) is 15.6. The van der Waals surface area contributed by atoms with Crippen LogP contribution in [0.3, 0.4) is 0 Å². The first-order valence-electron chi connectivity index (χ1n) is 7.65. The van der Waals surface area contributed by atoms with Gasteiger partial charge in [0.25, 0.3) is 0 Å². The molecule has 1 aromatic carbocycles. The highest BCUT2D eigenvalue weighted by Gasteiger charge is 2.31. The molecule has 0 bridgehead atoms. The van der Waals surface area contributed by atoms with Crippen LogP contribution in [0.15, 0.2) is 29.2 Å². The minimum absolute atomic E-state index is 0.0752. The lowest BCUT2D eigenvalue weighted by molar-refractivity contribution is 0.253. The number of hydrogen-bond donors (Lipinski definition) is 1. The van der Waals surface area contributed by atoms with Crippen LogP contribution in [-0.2, 0) is 16.4 Å². The summed E-state index contributed by atoms with van der Waals surface area (Å²) in [5.41, 5.74) is 7.19. The summed E-state index contributed by atoms with van der Waals surface area (Å²) in [7, 11) is -3.41. The van der Waals surface area contributed by atoms with E-state index < -0.39 is 10.0 Å². The van der Waals surface area contributed by atoms with Crippen molar-refractivity contribution < 1.29 is 8.42 Å². The van der Waals surface area contributed by atoms with Crippen molar-refractivity contribution in [3.05, 3.63) is 29.8 Å². The van der Waals surface area contributed by atoms with Gasteiger partial charge in [0.1, 0.15) is 0 Å². The topological polar surface area (TPSA) is 63.4 Å². The smallest absolute Gasteiger partial charge is 0.243 e. The van der Waals surface area contributed by atoms with Crippen molar-refractivity contribution in [1.82, 2.24) is 4.31 Å². The number of benzene rings is 1. The van der Waals surface area contributed by atoms with E-state index >= 15 is 0 Å². The number of nitrogens with two attached hydrogens (primary N) is 1. The monoisotopic (exact) mass is 310 g/mol. The molecular weight excluding hydrogens is 284 g/mol. The molecule has 2 unspecified atom stereocenters. The van der Waals surface area contributed by atoms with Gasteiger partial charge in [-0.3, -0.25) is 0 Å². The summed E-state index contributed by atoms with van der Waals surface area (Å²) in [5.74, 6) is 0.943. The number of nitrogens with zero attached hydrogens (tertiary/aromatic N) is 1. The first-order valence-corrected chi connectivity index (χ1v) is 9.09. The maximum atomic E-state index is 12.6. The Bertz CT molecular complexity index is 566. The number of sulfonamides is 1. The molecule has 0 amide bonds. The molecule has 0 aliphatic carbocycles. The molecular formula is C16H26N2O2S. The highest BCUT2D eigenvalue weighted by molar-refractivity contribution is 7.89. The molecule has 2 N–H and O–H groups in total. The zero-order valence-corrected chi connectivity index (χ0v) is 13.9. The van der Waals surface area contributed by atoms with Crippen molar-refractivity contribution in [3.8, 4) is 0 Å². The molecule has 2 atom stereocenters. The Morgan fingerprint density at radius 1 is 1.29 bits per heavy atom. The molecule has 1 saturated heterocycles. The molecule has 1 aliphatic rings. The minimum Gasteiger partial charge on any atom is -0.326 e. The second kappa shape index (κ2) is 6.46. The third-order valence-electron chi connectivity index (χ3n) is 4.18. The lowest BCUT2D eigenvalue weighted by Gasteiger charge is -2.34. The van der Waals surface area contributed by atoms with E-state index in [2.05, 4.69) is 20.8 Å². The number of piperidine rings is 1. The summed E-state index contributed by atoms with van der Waals surface area (Å²) in [6.07, 6.45) is 1.79. The highest BCUT2D eigenvalue weighted by Crippen LogP contribution is 2.23. The minimum atomic E-state index is -3.41. The second-order valence-corrected chi connectivity index (χ2v) is 8.47. The van der Waals surface area contributed by atoms with Crippen molar-refractivity contribution >= 4 is 10.0 Å². The van der Waals surface area contributed by atoms with E-state index in [1.54, 1.807) is 12.1 Å². The van der Waals surface area contributed by atoms with Gasteiger partial charge in [-0.2, -0.15) is 4.31 Å². The molecule has 2 rings (SSSR count). The number of rotatable bonds is 4. The molecule has 1 aromatic rings. The molecule has 0 aromatic heterocycles. The lowest BCUT2D eigenvalue weighted by atomic mass is 9.96. The summed E-state index contributed by atoms with van der Waals surface area (Å²) < 4.78 is 26.8. The van der Waals surface area contributed by atoms with Crippen LogP contribution in [0.4, 0.5) is 0 Å². The van der Waals surface area contributed by atoms with Gasteiger partial charge in [0.2, 0.25) is 10.0 Å². The van der Waals surface area contributed by atoms with Gasteiger partial charge in [0.05, 0.1) is 4.90 Å². The van der Waals surface area contributed by atoms with E-state index in [1.807, 2.05) is 12.1 Å². The van der Waals surface area contributed by atoms with Crippen LogP contribution < -0.4 is 5.73 Å². The van der Waals surface area contributed by atoms with Crippen LogP contribution in [-0.4, -0.2) is 31.9 Å². The Balaban J connectivity index is 2.16. The van der Waals surface area contributed by atoms with E-state index in [-0.39, 0.29) is 6.04 Å². The van der Waals surface area contributed by atoms with Crippen LogP contribution in [0.2, 0.25) is 0 Å². The molecule has 0 spiro atoms. The summed E-state index contributed by atoms with van der Waals surface area (Å²) in [5, 5.41) is 0. The predicted molar refractivity (Wildman–Crippen MR) is 85.5 cm³/mol. The van der Waals surface area contributed by atoms with Crippen LogP contribution in [0.25, 0.3) is 0 Å². The largest absolute Gasteiger partial charge is 0.326 e. The van der Waals surface area contributed by atoms with Crippen LogP contribution in [0.5, 0.6) is 0 Å². The average Bonchev–Trinajstić information content (AvgIpc) is 2.41. The van der Waals surface area contributed by atoms with Gasteiger partial charge in [0, 0.05) is 19.1 Å². The summed E-state index contributed by atoms with van der Waals surface area (Å²) in [6, 6.07) is 7.19. The average molecular weight is 310 g/mol. The maximum Gasteiger partial charge on any atom is 0.243 e. The van der Waals surface area contributed by atoms with E-state index in [9.17, 15) is 8.42 Å². The lowest BCUT2D eigenvalue weighted by Crippen LogP contribution is -2.49. The molecule has 1 heterocycles. The van der Waals surface area contributed by atoms with Crippen LogP contribution >= 0.6 is 0 Å². The van der Waals surface area contributed by atoms with Gasteiger partial charge in [-0.25, -0.2) is 8.42 Å². The van der Waals surface area contributed by atoms with E-state index in [0.29, 0.717) is 29.8 Å². The normalized spacial score (nSPS) is 24.4. The Kier molecular flexibility index (Phi) is 5.07. The molecule has 1 aliphatic heterocycles. The van der Waals surface area contributed by atoms with Crippen molar-refractivity contribution in [2.45, 2.75) is 44.6 Å². The quantitative estimate of drug-likeness (QED) is 0.927. The third-order valence-corrected chi connectivity index (χ3v) is 6.06. The molecule has 0 radical (unpaired) electrons. The number of hydrogen-bond acceptors (Lipinski definition) is 3. The highest BCUT2D eigenvalue weighted by atomic mass is 32.2. The molecule has 118 valence electrons. The van der Waals surface area contributed by atoms with Gasteiger partial charge in [-0.1, -0.05) is 32.9 Å². The fraction of sp³-hybridized carbons (Fsp3) is 0.625. The summed E-state index contributed by atoms with van der Waals surface area (Å²) >= 11 is 0. The summed E-state index contributed by atoms with van der Waals surface area (Å²) in [4.78, 5) is 0.372. The standard InChI is InChI=1S/C16H26N2O2S/c1-12(2)10-14-4-6-15(7-5-14)21(19,20)18-9-8-13(3)16(17)11-18/h4-7,12-13,16H,8-11,17H2,1-3H3. The van der Waals surface area contributed by atoms with Crippen molar-refractivity contribution in [3.63, 3.8) is 0 Å². The molecule has 4 nitrogen and oxygen atoms in total. The van der Waals surface area contributed by atoms with E-state index in [0.717, 1.165) is 12.8 Å².